The number of benzene rings is 1. The molecular weight excluding hydrogens is 380 g/mol. The minimum atomic E-state index is -3.68. The van der Waals surface area contributed by atoms with E-state index in [-0.39, 0.29) is 17.5 Å². The summed E-state index contributed by atoms with van der Waals surface area (Å²) in [5.41, 5.74) is 0.862. The molecule has 0 saturated carbocycles. The van der Waals surface area contributed by atoms with Crippen molar-refractivity contribution in [3.63, 3.8) is 0 Å². The molecule has 2 aromatic rings. The van der Waals surface area contributed by atoms with E-state index in [9.17, 15) is 8.42 Å². The van der Waals surface area contributed by atoms with Gasteiger partial charge in [0.05, 0.1) is 13.7 Å². The summed E-state index contributed by atoms with van der Waals surface area (Å²) in [7, 11) is 1.56. The van der Waals surface area contributed by atoms with Crippen LogP contribution in [-0.2, 0) is 10.0 Å². The Morgan fingerprint density at radius 2 is 1.96 bits per heavy atom. The summed E-state index contributed by atoms with van der Waals surface area (Å²) >= 11 is 0. The molecule has 0 radical (unpaired) electrons. The van der Waals surface area contributed by atoms with Crippen molar-refractivity contribution in [2.45, 2.75) is 30.8 Å². The van der Waals surface area contributed by atoms with Gasteiger partial charge in [-0.15, -0.1) is 10.2 Å². The fraction of sp³-hybridized carbons (Fsp3) is 0.474. The topological polar surface area (TPSA) is 84.9 Å². The first kappa shape index (κ1) is 20.3. The number of nitrogens with zero attached hydrogens (tertiary/aromatic N) is 4. The molecule has 2 heterocycles. The monoisotopic (exact) mass is 406 g/mol. The molecule has 1 saturated heterocycles. The van der Waals surface area contributed by atoms with Crippen molar-refractivity contribution in [3.05, 3.63) is 35.9 Å². The van der Waals surface area contributed by atoms with Crippen LogP contribution in [0.5, 0.6) is 11.6 Å². The predicted molar refractivity (Wildman–Crippen MR) is 106 cm³/mol. The number of aryl methyl sites for hydroxylation is 1. The molecule has 1 aliphatic heterocycles. The number of aromatic nitrogens is 2. The van der Waals surface area contributed by atoms with Crippen LogP contribution in [0.15, 0.2) is 35.2 Å². The molecule has 1 atom stereocenters. The van der Waals surface area contributed by atoms with Gasteiger partial charge < -0.3 is 14.4 Å². The van der Waals surface area contributed by atoms with Crippen molar-refractivity contribution in [1.29, 1.82) is 0 Å². The molecule has 0 aliphatic carbocycles. The van der Waals surface area contributed by atoms with E-state index in [4.69, 9.17) is 9.47 Å². The molecular formula is C19H26N4O4S. The van der Waals surface area contributed by atoms with Crippen LogP contribution in [-0.4, -0.2) is 63.3 Å². The molecule has 28 heavy (non-hydrogen) atoms. The zero-order valence-corrected chi connectivity index (χ0v) is 17.4. The van der Waals surface area contributed by atoms with E-state index < -0.39 is 10.0 Å². The van der Waals surface area contributed by atoms with Gasteiger partial charge in [0.15, 0.2) is 5.82 Å². The largest absolute Gasteiger partial charge is 0.495 e. The third-order valence-electron chi connectivity index (χ3n) is 4.65. The van der Waals surface area contributed by atoms with Gasteiger partial charge in [-0.05, 0) is 43.5 Å². The average Bonchev–Trinajstić information content (AvgIpc) is 2.68. The lowest BCUT2D eigenvalue weighted by molar-refractivity contribution is 0.123. The normalized spacial score (nSPS) is 17.9. The van der Waals surface area contributed by atoms with Gasteiger partial charge in [0, 0.05) is 26.7 Å². The van der Waals surface area contributed by atoms with Gasteiger partial charge in [-0.25, -0.2) is 8.42 Å². The second-order valence-corrected chi connectivity index (χ2v) is 8.93. The standard InChI is InChI=1S/C19H26N4O4S/c1-14-7-8-16(26-4)17(12-14)28(24,25)23-11-5-6-15(13-23)27-19-10-9-18(20-21-19)22(2)3/h7-10,12,15H,5-6,11,13H2,1-4H3. The highest BCUT2D eigenvalue weighted by Crippen LogP contribution is 2.30. The highest BCUT2D eigenvalue weighted by atomic mass is 32.2. The molecule has 1 aromatic heterocycles. The first-order chi connectivity index (χ1) is 13.3. The number of anilines is 1. The van der Waals surface area contributed by atoms with Gasteiger partial charge in [0.2, 0.25) is 15.9 Å². The van der Waals surface area contributed by atoms with E-state index in [0.29, 0.717) is 24.6 Å². The van der Waals surface area contributed by atoms with Crippen molar-refractivity contribution < 1.29 is 17.9 Å². The number of methoxy groups -OCH3 is 1. The van der Waals surface area contributed by atoms with E-state index >= 15 is 0 Å². The van der Waals surface area contributed by atoms with Crippen LogP contribution in [0.4, 0.5) is 5.82 Å². The summed E-state index contributed by atoms with van der Waals surface area (Å²) in [6, 6.07) is 8.72. The van der Waals surface area contributed by atoms with E-state index in [1.165, 1.54) is 11.4 Å². The molecule has 1 fully saturated rings. The first-order valence-electron chi connectivity index (χ1n) is 9.14. The lowest BCUT2D eigenvalue weighted by atomic mass is 10.1. The lowest BCUT2D eigenvalue weighted by Gasteiger charge is -2.32. The van der Waals surface area contributed by atoms with Crippen LogP contribution in [0.1, 0.15) is 18.4 Å². The third-order valence-corrected chi connectivity index (χ3v) is 6.54. The van der Waals surface area contributed by atoms with Gasteiger partial charge in [-0.1, -0.05) is 6.07 Å². The Morgan fingerprint density at radius 1 is 1.18 bits per heavy atom. The SMILES string of the molecule is COc1ccc(C)cc1S(=O)(=O)N1CCCC(Oc2ccc(N(C)C)nn2)C1. The maximum Gasteiger partial charge on any atom is 0.246 e. The van der Waals surface area contributed by atoms with Crippen LogP contribution in [0.3, 0.4) is 0 Å². The highest BCUT2D eigenvalue weighted by molar-refractivity contribution is 7.89. The number of hydrogen-bond acceptors (Lipinski definition) is 7. The summed E-state index contributed by atoms with van der Waals surface area (Å²) in [5, 5.41) is 8.17. The molecule has 8 nitrogen and oxygen atoms in total. The molecule has 1 aromatic carbocycles. The molecule has 0 N–H and O–H groups in total. The van der Waals surface area contributed by atoms with Crippen LogP contribution in [0.2, 0.25) is 0 Å². The van der Waals surface area contributed by atoms with Crippen molar-refractivity contribution in [2.24, 2.45) is 0 Å². The number of ether oxygens (including phenoxy) is 2. The molecule has 152 valence electrons. The van der Waals surface area contributed by atoms with Gasteiger partial charge in [0.1, 0.15) is 16.7 Å². The van der Waals surface area contributed by atoms with E-state index in [1.807, 2.05) is 38.1 Å². The zero-order valence-electron chi connectivity index (χ0n) is 16.6. The molecule has 0 amide bonds. The van der Waals surface area contributed by atoms with E-state index in [2.05, 4.69) is 10.2 Å². The zero-order chi connectivity index (χ0) is 20.3. The maximum absolute atomic E-state index is 13.2. The van der Waals surface area contributed by atoms with Crippen LogP contribution in [0.25, 0.3) is 0 Å². The predicted octanol–water partition coefficient (Wildman–Crippen LogP) is 2.09. The van der Waals surface area contributed by atoms with Gasteiger partial charge in [-0.3, -0.25) is 0 Å². The second kappa shape index (κ2) is 8.32. The quantitative estimate of drug-likeness (QED) is 0.726. The van der Waals surface area contributed by atoms with Crippen LogP contribution >= 0.6 is 0 Å². The fourth-order valence-corrected chi connectivity index (χ4v) is 4.88. The Balaban J connectivity index is 1.76. The van der Waals surface area contributed by atoms with Gasteiger partial charge in [-0.2, -0.15) is 4.31 Å². The highest BCUT2D eigenvalue weighted by Gasteiger charge is 2.33. The van der Waals surface area contributed by atoms with Crippen molar-refractivity contribution in [3.8, 4) is 11.6 Å². The fourth-order valence-electron chi connectivity index (χ4n) is 3.13. The summed E-state index contributed by atoms with van der Waals surface area (Å²) in [4.78, 5) is 2.03. The average molecular weight is 407 g/mol. The Hall–Kier alpha value is -2.39. The minimum absolute atomic E-state index is 0.186. The van der Waals surface area contributed by atoms with Crippen molar-refractivity contribution >= 4 is 15.8 Å². The van der Waals surface area contributed by atoms with Gasteiger partial charge in [0.25, 0.3) is 0 Å². The molecule has 1 unspecified atom stereocenters. The third kappa shape index (κ3) is 4.36. The molecule has 9 heteroatoms. The molecule has 0 spiro atoms. The Bertz CT molecular complexity index is 916. The number of piperidine rings is 1. The van der Waals surface area contributed by atoms with E-state index in [1.54, 1.807) is 18.2 Å². The van der Waals surface area contributed by atoms with Crippen molar-refractivity contribution in [2.75, 3.05) is 39.2 Å². The summed E-state index contributed by atoms with van der Waals surface area (Å²) in [5.74, 6) is 1.47. The Kier molecular flexibility index (Phi) is 6.04. The molecule has 3 rings (SSSR count). The number of sulfonamides is 1. The number of hydrogen-bond donors (Lipinski definition) is 0. The summed E-state index contributed by atoms with van der Waals surface area (Å²) in [6.07, 6.45) is 1.19. The lowest BCUT2D eigenvalue weighted by Crippen LogP contribution is -2.44. The maximum atomic E-state index is 13.2. The Labute approximate surface area is 166 Å². The van der Waals surface area contributed by atoms with Crippen molar-refractivity contribution in [1.82, 2.24) is 14.5 Å². The summed E-state index contributed by atoms with van der Waals surface area (Å²) in [6.45, 7) is 2.57. The first-order valence-corrected chi connectivity index (χ1v) is 10.6. The molecule has 1 aliphatic rings. The second-order valence-electron chi connectivity index (χ2n) is 7.02. The summed E-state index contributed by atoms with van der Waals surface area (Å²) < 4.78 is 39.0. The smallest absolute Gasteiger partial charge is 0.246 e. The molecule has 0 bridgehead atoms. The number of rotatable bonds is 6. The minimum Gasteiger partial charge on any atom is -0.495 e. The van der Waals surface area contributed by atoms with Gasteiger partial charge >= 0.3 is 0 Å². The van der Waals surface area contributed by atoms with Crippen LogP contribution in [0, 0.1) is 6.92 Å². The van der Waals surface area contributed by atoms with Crippen LogP contribution < -0.4 is 14.4 Å². The Morgan fingerprint density at radius 3 is 2.61 bits per heavy atom. The van der Waals surface area contributed by atoms with E-state index in [0.717, 1.165) is 17.8 Å².